The second-order valence-electron chi connectivity index (χ2n) is 8.80. The second kappa shape index (κ2) is 9.28. The van der Waals surface area contributed by atoms with E-state index in [1.807, 2.05) is 54.6 Å². The molecule has 0 radical (unpaired) electrons. The SMILES string of the molecule is CC(C)c1c(C(=O)N[C@H]2CCOc3ccccc32)cnc2c(-c3cc(Cl)cc(Cl)c3)cccc12. The number of fused-ring (bicyclic) bond motifs is 2. The van der Waals surface area contributed by atoms with Crippen molar-refractivity contribution in [3.63, 3.8) is 0 Å². The molecule has 3 aromatic carbocycles. The van der Waals surface area contributed by atoms with Crippen LogP contribution in [0.5, 0.6) is 5.75 Å². The van der Waals surface area contributed by atoms with E-state index < -0.39 is 0 Å². The number of rotatable bonds is 4. The van der Waals surface area contributed by atoms with E-state index in [-0.39, 0.29) is 17.9 Å². The molecular weight excluding hydrogens is 467 g/mol. The maximum atomic E-state index is 13.5. The summed E-state index contributed by atoms with van der Waals surface area (Å²) in [4.78, 5) is 18.3. The largest absolute Gasteiger partial charge is 0.493 e. The normalized spacial score (nSPS) is 15.1. The number of para-hydroxylation sites is 2. The van der Waals surface area contributed by atoms with Crippen molar-refractivity contribution in [2.24, 2.45) is 0 Å². The third-order valence-electron chi connectivity index (χ3n) is 6.20. The number of hydrogen-bond acceptors (Lipinski definition) is 3. The molecule has 34 heavy (non-hydrogen) atoms. The van der Waals surface area contributed by atoms with Crippen LogP contribution in [0.3, 0.4) is 0 Å². The molecular formula is C28H24Cl2N2O2. The lowest BCUT2D eigenvalue weighted by atomic mass is 9.91. The highest BCUT2D eigenvalue weighted by molar-refractivity contribution is 6.35. The lowest BCUT2D eigenvalue weighted by molar-refractivity contribution is 0.0923. The molecule has 1 aliphatic heterocycles. The van der Waals surface area contributed by atoms with Crippen LogP contribution in [-0.4, -0.2) is 17.5 Å². The number of carbonyl (C=O) groups is 1. The predicted octanol–water partition coefficient (Wildman–Crippen LogP) is 7.59. The fourth-order valence-corrected chi connectivity index (χ4v) is 5.24. The summed E-state index contributed by atoms with van der Waals surface area (Å²) in [7, 11) is 0. The molecule has 1 aromatic heterocycles. The number of nitrogens with zero attached hydrogens (tertiary/aromatic N) is 1. The number of nitrogens with one attached hydrogen (secondary N) is 1. The predicted molar refractivity (Wildman–Crippen MR) is 138 cm³/mol. The molecule has 0 fully saturated rings. The average Bonchev–Trinajstić information content (AvgIpc) is 2.82. The summed E-state index contributed by atoms with van der Waals surface area (Å²) < 4.78 is 5.75. The van der Waals surface area contributed by atoms with Crippen LogP contribution in [0, 0.1) is 0 Å². The van der Waals surface area contributed by atoms with E-state index in [0.29, 0.717) is 22.2 Å². The Morgan fingerprint density at radius 3 is 2.59 bits per heavy atom. The first-order chi connectivity index (χ1) is 16.4. The van der Waals surface area contributed by atoms with E-state index in [9.17, 15) is 4.79 Å². The topological polar surface area (TPSA) is 51.2 Å². The molecule has 1 amide bonds. The van der Waals surface area contributed by atoms with E-state index in [1.54, 1.807) is 12.3 Å². The van der Waals surface area contributed by atoms with Crippen LogP contribution >= 0.6 is 23.2 Å². The minimum Gasteiger partial charge on any atom is -0.493 e. The van der Waals surface area contributed by atoms with Crippen LogP contribution in [0.25, 0.3) is 22.0 Å². The van der Waals surface area contributed by atoms with Crippen molar-refractivity contribution in [2.45, 2.75) is 32.2 Å². The summed E-state index contributed by atoms with van der Waals surface area (Å²) in [5.41, 5.74) is 5.19. The zero-order valence-electron chi connectivity index (χ0n) is 18.9. The minimum absolute atomic E-state index is 0.104. The van der Waals surface area contributed by atoms with E-state index in [1.165, 1.54) is 0 Å². The highest BCUT2D eigenvalue weighted by Crippen LogP contribution is 2.36. The summed E-state index contributed by atoms with van der Waals surface area (Å²) in [6, 6.07) is 19.2. The maximum absolute atomic E-state index is 13.5. The standard InChI is InChI=1S/C28H24Cl2N2O2/c1-16(2)26-22-8-5-7-20(17-12-18(29)14-19(30)13-17)27(22)31-15-23(26)28(33)32-24-10-11-34-25-9-4-3-6-21(24)25/h3-9,12-16,24H,10-11H2,1-2H3,(H,32,33)/t24-/m0/s1. The first-order valence-electron chi connectivity index (χ1n) is 11.3. The van der Waals surface area contributed by atoms with Gasteiger partial charge in [0.15, 0.2) is 0 Å². The van der Waals surface area contributed by atoms with Crippen LogP contribution in [0.15, 0.2) is 66.9 Å². The molecule has 0 aliphatic carbocycles. The Bertz CT molecular complexity index is 1380. The first kappa shape index (κ1) is 22.7. The number of benzene rings is 3. The van der Waals surface area contributed by atoms with Gasteiger partial charge in [0.25, 0.3) is 5.91 Å². The highest BCUT2D eigenvalue weighted by Gasteiger charge is 2.26. The van der Waals surface area contributed by atoms with Gasteiger partial charge in [-0.05, 0) is 41.3 Å². The van der Waals surface area contributed by atoms with Crippen molar-refractivity contribution in [1.29, 1.82) is 0 Å². The molecule has 0 saturated heterocycles. The third-order valence-corrected chi connectivity index (χ3v) is 6.63. The van der Waals surface area contributed by atoms with Gasteiger partial charge in [-0.3, -0.25) is 9.78 Å². The minimum atomic E-state index is -0.129. The number of halogens is 2. The van der Waals surface area contributed by atoms with Gasteiger partial charge in [0.05, 0.1) is 23.7 Å². The molecule has 5 rings (SSSR count). The molecule has 6 heteroatoms. The summed E-state index contributed by atoms with van der Waals surface area (Å²) >= 11 is 12.5. The fraction of sp³-hybridized carbons (Fsp3) is 0.214. The van der Waals surface area contributed by atoms with Gasteiger partial charge in [-0.2, -0.15) is 0 Å². The number of hydrogen-bond donors (Lipinski definition) is 1. The van der Waals surface area contributed by atoms with Crippen molar-refractivity contribution in [1.82, 2.24) is 10.3 Å². The highest BCUT2D eigenvalue weighted by atomic mass is 35.5. The number of carbonyl (C=O) groups excluding carboxylic acids is 1. The summed E-state index contributed by atoms with van der Waals surface area (Å²) in [5.74, 6) is 0.812. The van der Waals surface area contributed by atoms with Crippen LogP contribution in [-0.2, 0) is 0 Å². The summed E-state index contributed by atoms with van der Waals surface area (Å²) in [5, 5.41) is 5.30. The number of amides is 1. The quantitative estimate of drug-likeness (QED) is 0.320. The van der Waals surface area contributed by atoms with Gasteiger partial charge < -0.3 is 10.1 Å². The Morgan fingerprint density at radius 2 is 1.82 bits per heavy atom. The molecule has 2 heterocycles. The number of aromatic nitrogens is 1. The van der Waals surface area contributed by atoms with Crippen LogP contribution in [0.2, 0.25) is 10.0 Å². The molecule has 1 aliphatic rings. The first-order valence-corrected chi connectivity index (χ1v) is 12.1. The van der Waals surface area contributed by atoms with Gasteiger partial charge in [-0.25, -0.2) is 0 Å². The maximum Gasteiger partial charge on any atom is 0.253 e. The lowest BCUT2D eigenvalue weighted by Crippen LogP contribution is -2.33. The second-order valence-corrected chi connectivity index (χ2v) is 9.67. The smallest absolute Gasteiger partial charge is 0.253 e. The Labute approximate surface area is 208 Å². The van der Waals surface area contributed by atoms with Crippen molar-refractivity contribution in [3.8, 4) is 16.9 Å². The van der Waals surface area contributed by atoms with Gasteiger partial charge in [0.1, 0.15) is 5.75 Å². The molecule has 0 spiro atoms. The average molecular weight is 491 g/mol. The number of pyridine rings is 1. The molecule has 0 unspecified atom stereocenters. The van der Waals surface area contributed by atoms with Gasteiger partial charge in [-0.1, -0.05) is 73.4 Å². The Balaban J connectivity index is 1.58. The van der Waals surface area contributed by atoms with E-state index in [4.69, 9.17) is 32.9 Å². The Hall–Kier alpha value is -3.08. The van der Waals surface area contributed by atoms with E-state index >= 15 is 0 Å². The van der Waals surface area contributed by atoms with Gasteiger partial charge in [0.2, 0.25) is 0 Å². The molecule has 0 bridgehead atoms. The van der Waals surface area contributed by atoms with Gasteiger partial charge in [0, 0.05) is 39.2 Å². The Morgan fingerprint density at radius 1 is 1.06 bits per heavy atom. The summed E-state index contributed by atoms with van der Waals surface area (Å²) in [6.07, 6.45) is 2.41. The van der Waals surface area contributed by atoms with Crippen molar-refractivity contribution < 1.29 is 9.53 Å². The van der Waals surface area contributed by atoms with E-state index in [0.717, 1.165) is 45.3 Å². The fourth-order valence-electron chi connectivity index (χ4n) is 4.72. The number of ether oxygens (including phenoxy) is 1. The van der Waals surface area contributed by atoms with Crippen molar-refractivity contribution in [3.05, 3.63) is 93.6 Å². The molecule has 4 nitrogen and oxygen atoms in total. The van der Waals surface area contributed by atoms with Crippen LogP contribution in [0.1, 0.15) is 53.7 Å². The Kier molecular flexibility index (Phi) is 6.20. The van der Waals surface area contributed by atoms with E-state index in [2.05, 4.69) is 19.2 Å². The van der Waals surface area contributed by atoms with Crippen LogP contribution < -0.4 is 10.1 Å². The third kappa shape index (κ3) is 4.24. The van der Waals surface area contributed by atoms with Crippen molar-refractivity contribution in [2.75, 3.05) is 6.61 Å². The monoisotopic (exact) mass is 490 g/mol. The van der Waals surface area contributed by atoms with Crippen molar-refractivity contribution >= 4 is 40.0 Å². The van der Waals surface area contributed by atoms with Crippen LogP contribution in [0.4, 0.5) is 0 Å². The van der Waals surface area contributed by atoms with Gasteiger partial charge >= 0.3 is 0 Å². The molecule has 1 atom stereocenters. The molecule has 4 aromatic rings. The molecule has 0 saturated carbocycles. The molecule has 1 N–H and O–H groups in total. The molecule has 172 valence electrons. The lowest BCUT2D eigenvalue weighted by Gasteiger charge is -2.27. The zero-order valence-corrected chi connectivity index (χ0v) is 20.5. The summed E-state index contributed by atoms with van der Waals surface area (Å²) in [6.45, 7) is 4.76. The van der Waals surface area contributed by atoms with Gasteiger partial charge in [-0.15, -0.1) is 0 Å². The zero-order chi connectivity index (χ0) is 23.8.